The van der Waals surface area contributed by atoms with Crippen molar-refractivity contribution in [1.82, 2.24) is 31.1 Å². The van der Waals surface area contributed by atoms with Gasteiger partial charge in [-0.2, -0.15) is 0 Å². The lowest BCUT2D eigenvalue weighted by molar-refractivity contribution is -0.145. The van der Waals surface area contributed by atoms with E-state index in [-0.39, 0.29) is 41.9 Å². The van der Waals surface area contributed by atoms with Crippen LogP contribution >= 0.6 is 0 Å². The number of hydrogen-bond acceptors (Lipinski definition) is 8. The topological polar surface area (TPSA) is 183 Å². The maximum atomic E-state index is 14.3. The summed E-state index contributed by atoms with van der Waals surface area (Å²) in [6.07, 6.45) is 5.10. The fourth-order valence-corrected chi connectivity index (χ4v) is 7.13. The zero-order valence-electron chi connectivity index (χ0n) is 32.7. The predicted molar refractivity (Wildman–Crippen MR) is 204 cm³/mol. The van der Waals surface area contributed by atoms with Crippen molar-refractivity contribution in [2.75, 3.05) is 27.2 Å². The molecule has 2 fully saturated rings. The Morgan fingerprint density at radius 2 is 1.60 bits per heavy atom. The number of hydrogen-bond donors (Lipinski definition) is 4. The minimum Gasteiger partial charge on any atom is -0.410 e. The largest absolute Gasteiger partial charge is 0.413 e. The monoisotopic (exact) mass is 756 g/mol. The van der Waals surface area contributed by atoms with Gasteiger partial charge in [0, 0.05) is 26.2 Å². The van der Waals surface area contributed by atoms with Gasteiger partial charge in [-0.25, -0.2) is 4.79 Å². The molecule has 1 saturated carbocycles. The van der Waals surface area contributed by atoms with Gasteiger partial charge in [0.15, 0.2) is 0 Å². The molecule has 0 aromatic heterocycles. The fraction of sp³-hybridized carbons (Fsp3) is 0.488. The first-order valence-electron chi connectivity index (χ1n) is 18.3. The highest BCUT2D eigenvalue weighted by Crippen LogP contribution is 2.65. The molecular formula is C41H52N6O8. The number of terminal acetylenes is 1. The molecule has 55 heavy (non-hydrogen) atoms. The molecule has 2 aliphatic rings. The molecular weight excluding hydrogens is 704 g/mol. The predicted octanol–water partition coefficient (Wildman–Crippen LogP) is 2.57. The second-order valence-electron chi connectivity index (χ2n) is 15.9. The molecule has 6 amide bonds. The Hall–Kier alpha value is -5.71. The Kier molecular flexibility index (Phi) is 13.1. The van der Waals surface area contributed by atoms with Crippen molar-refractivity contribution in [3.05, 3.63) is 65.7 Å². The maximum absolute atomic E-state index is 14.3. The number of ketones is 1. The van der Waals surface area contributed by atoms with Crippen molar-refractivity contribution in [3.8, 4) is 18.1 Å². The van der Waals surface area contributed by atoms with Gasteiger partial charge in [-0.1, -0.05) is 84.2 Å². The summed E-state index contributed by atoms with van der Waals surface area (Å²) in [6, 6.07) is 10.6. The van der Waals surface area contributed by atoms with E-state index in [2.05, 4.69) is 27.2 Å². The van der Waals surface area contributed by atoms with E-state index in [1.165, 1.54) is 21.9 Å². The van der Waals surface area contributed by atoms with E-state index in [1.807, 2.05) is 13.8 Å². The van der Waals surface area contributed by atoms with Crippen LogP contribution in [0.3, 0.4) is 0 Å². The number of Topliss-reactive ketones (excluding diaryl/α,β-unsaturated/α-hetero) is 1. The molecule has 1 heterocycles. The van der Waals surface area contributed by atoms with Gasteiger partial charge in [0.1, 0.15) is 23.9 Å². The molecule has 3 unspecified atom stereocenters. The van der Waals surface area contributed by atoms with E-state index >= 15 is 0 Å². The van der Waals surface area contributed by atoms with E-state index in [9.17, 15) is 33.6 Å². The van der Waals surface area contributed by atoms with Crippen molar-refractivity contribution in [1.29, 1.82) is 0 Å². The molecule has 2 aromatic carbocycles. The van der Waals surface area contributed by atoms with Gasteiger partial charge in [0.25, 0.3) is 5.91 Å². The van der Waals surface area contributed by atoms with E-state index in [0.29, 0.717) is 17.5 Å². The molecule has 2 aromatic rings. The highest BCUT2D eigenvalue weighted by atomic mass is 16.6. The van der Waals surface area contributed by atoms with E-state index in [1.54, 1.807) is 84.3 Å². The number of ether oxygens (including phenoxy) is 1. The number of nitrogens with one attached hydrogen (secondary N) is 4. The number of nitrogens with zero attached hydrogens (tertiary/aromatic N) is 2. The Labute approximate surface area is 322 Å². The zero-order valence-corrected chi connectivity index (χ0v) is 32.7. The SMILES string of the molecule is C#Cc1ccc(OC(=O)N[C@H](C(=O)N2CC3C([C@H]2C(=O)NC(CCC)C(=O)C(=O)NCC(=O)N[C@H](C(=O)N(C)C)c2ccccc2)C3(C)C)C(C)(C)C)cc1. The Morgan fingerprint density at radius 3 is 2.16 bits per heavy atom. The number of likely N-dealkylation sites (N-methyl/N-ethyl adjacent to an activating group) is 1. The molecule has 4 rings (SSSR count). The first-order valence-corrected chi connectivity index (χ1v) is 18.3. The Morgan fingerprint density at radius 1 is 0.964 bits per heavy atom. The molecule has 14 heteroatoms. The van der Waals surface area contributed by atoms with E-state index < -0.39 is 71.6 Å². The molecule has 0 radical (unpaired) electrons. The summed E-state index contributed by atoms with van der Waals surface area (Å²) < 4.78 is 5.43. The number of carbonyl (C=O) groups excluding carboxylic acids is 7. The number of piperidine rings is 1. The number of carbonyl (C=O) groups is 7. The van der Waals surface area contributed by atoms with Crippen molar-refractivity contribution in [2.45, 2.75) is 78.6 Å². The third-order valence-electron chi connectivity index (χ3n) is 10.3. The molecule has 1 aliphatic carbocycles. The second kappa shape index (κ2) is 17.2. The Balaban J connectivity index is 1.44. The quantitative estimate of drug-likeness (QED) is 0.168. The second-order valence-corrected chi connectivity index (χ2v) is 15.9. The van der Waals surface area contributed by atoms with Gasteiger partial charge in [-0.3, -0.25) is 28.8 Å². The standard InChI is InChI=1S/C41H52N6O8/c1-10-15-28(33(49)36(51)42-22-29(48)44-31(37(52)46(8)9)25-16-13-12-14-17-25)43-35(50)32-30-27(41(30,6)7)23-47(32)38(53)34(40(3,4)5)45-39(54)55-26-20-18-24(11-2)19-21-26/h2,12-14,16-21,27-28,30-32,34H,10,15,22-23H2,1,3-9H3,(H,42,51)(H,43,50)(H,44,48)(H,45,54)/t27?,28?,30?,31-,32-,34+/m0/s1. The van der Waals surface area contributed by atoms with Crippen molar-refractivity contribution in [2.24, 2.45) is 22.7 Å². The molecule has 294 valence electrons. The van der Waals surface area contributed by atoms with Crippen LogP contribution in [0, 0.1) is 35.0 Å². The molecule has 1 saturated heterocycles. The van der Waals surface area contributed by atoms with Crippen LogP contribution in [0.5, 0.6) is 5.75 Å². The summed E-state index contributed by atoms with van der Waals surface area (Å²) in [5.74, 6) is -1.73. The van der Waals surface area contributed by atoms with Gasteiger partial charge in [0.05, 0.1) is 12.6 Å². The van der Waals surface area contributed by atoms with Crippen LogP contribution < -0.4 is 26.0 Å². The number of rotatable bonds is 14. The lowest BCUT2D eigenvalue weighted by Gasteiger charge is -2.37. The number of likely N-dealkylation sites (tertiary alicyclic amines) is 1. The van der Waals surface area contributed by atoms with Gasteiger partial charge in [-0.05, 0) is 58.9 Å². The summed E-state index contributed by atoms with van der Waals surface area (Å²) in [7, 11) is 3.11. The van der Waals surface area contributed by atoms with Crippen LogP contribution in [0.2, 0.25) is 0 Å². The molecule has 0 spiro atoms. The van der Waals surface area contributed by atoms with Crippen molar-refractivity contribution >= 4 is 41.4 Å². The minimum absolute atomic E-state index is 0.00401. The van der Waals surface area contributed by atoms with E-state index in [4.69, 9.17) is 11.2 Å². The average Bonchev–Trinajstić information content (AvgIpc) is 3.43. The lowest BCUT2D eigenvalue weighted by atomic mass is 9.85. The summed E-state index contributed by atoms with van der Waals surface area (Å²) in [4.78, 5) is 96.4. The number of benzene rings is 2. The zero-order chi connectivity index (χ0) is 40.8. The van der Waals surface area contributed by atoms with Crippen LogP contribution in [0.4, 0.5) is 4.79 Å². The molecule has 0 bridgehead atoms. The van der Waals surface area contributed by atoms with Gasteiger partial charge >= 0.3 is 6.09 Å². The van der Waals surface area contributed by atoms with Crippen molar-refractivity contribution < 1.29 is 38.3 Å². The summed E-state index contributed by atoms with van der Waals surface area (Å²) in [6.45, 7) is 10.8. The van der Waals surface area contributed by atoms with Gasteiger partial charge < -0.3 is 35.8 Å². The van der Waals surface area contributed by atoms with Crippen LogP contribution in [-0.2, 0) is 28.8 Å². The highest BCUT2D eigenvalue weighted by Gasteiger charge is 2.70. The summed E-state index contributed by atoms with van der Waals surface area (Å²) >= 11 is 0. The van der Waals surface area contributed by atoms with Gasteiger partial charge in [-0.15, -0.1) is 6.42 Å². The lowest BCUT2D eigenvalue weighted by Crippen LogP contribution is -2.60. The van der Waals surface area contributed by atoms with Crippen molar-refractivity contribution in [3.63, 3.8) is 0 Å². The van der Waals surface area contributed by atoms with Crippen LogP contribution in [0.25, 0.3) is 0 Å². The minimum atomic E-state index is -1.24. The molecule has 1 aliphatic heterocycles. The van der Waals surface area contributed by atoms with E-state index in [0.717, 1.165) is 0 Å². The van der Waals surface area contributed by atoms with Crippen LogP contribution in [-0.4, -0.2) is 96.5 Å². The molecule has 14 nitrogen and oxygen atoms in total. The highest BCUT2D eigenvalue weighted by molar-refractivity contribution is 6.38. The average molecular weight is 757 g/mol. The first-order chi connectivity index (χ1) is 25.8. The first kappa shape index (κ1) is 42.0. The summed E-state index contributed by atoms with van der Waals surface area (Å²) in [5.41, 5.74) is 0.0830. The Bertz CT molecular complexity index is 1830. The van der Waals surface area contributed by atoms with Crippen LogP contribution in [0.1, 0.15) is 71.6 Å². The fourth-order valence-electron chi connectivity index (χ4n) is 7.13. The molecule has 4 N–H and O–H groups in total. The maximum Gasteiger partial charge on any atom is 0.413 e. The van der Waals surface area contributed by atoms with Crippen LogP contribution in [0.15, 0.2) is 54.6 Å². The number of fused-ring (bicyclic) bond motifs is 1. The number of amides is 6. The summed E-state index contributed by atoms with van der Waals surface area (Å²) in [5, 5.41) is 10.3. The van der Waals surface area contributed by atoms with Gasteiger partial charge in [0.2, 0.25) is 29.4 Å². The third-order valence-corrected chi connectivity index (χ3v) is 10.3. The smallest absolute Gasteiger partial charge is 0.410 e. The third kappa shape index (κ3) is 9.89. The molecule has 6 atom stereocenters. The normalized spacial score (nSPS) is 19.6.